The van der Waals surface area contributed by atoms with E-state index in [4.69, 9.17) is 23.7 Å². The second-order valence-corrected chi connectivity index (χ2v) is 17.7. The van der Waals surface area contributed by atoms with Gasteiger partial charge in [-0.3, -0.25) is 24.0 Å². The van der Waals surface area contributed by atoms with Crippen LogP contribution in [0.15, 0.2) is 23.8 Å². The van der Waals surface area contributed by atoms with Crippen molar-refractivity contribution in [1.29, 1.82) is 0 Å². The highest BCUT2D eigenvalue weighted by atomic mass is 16.6. The second kappa shape index (κ2) is 25.8. The molecule has 0 saturated carbocycles. The average Bonchev–Trinajstić information content (AvgIpc) is 3.93. The minimum atomic E-state index is -3.02. The van der Waals surface area contributed by atoms with Crippen LogP contribution in [0.2, 0.25) is 0 Å². The zero-order valence-corrected chi connectivity index (χ0v) is 38.8. The molecule has 0 aromatic rings. The lowest BCUT2D eigenvalue weighted by Crippen LogP contribution is -2.60. The number of Topliss-reactive ketones (excluding diaryl/α,β-unsaturated/α-hetero) is 3. The fraction of sp³-hybridized carbons (Fsp3) is 0.787. The lowest BCUT2D eigenvalue weighted by molar-refractivity contribution is -0.181. The average molecular weight is 881 g/mol. The number of hydrogen-bond acceptors (Lipinski definition) is 15. The van der Waals surface area contributed by atoms with Crippen LogP contribution in [0.4, 0.5) is 0 Å². The number of aliphatic hydroxyl groups excluding tert-OH is 3. The highest BCUT2D eigenvalue weighted by molar-refractivity contribution is 5.93. The molecular formula is C47H76O15. The van der Waals surface area contributed by atoms with Gasteiger partial charge in [-0.2, -0.15) is 0 Å². The van der Waals surface area contributed by atoms with E-state index >= 15 is 0 Å². The molecule has 0 aliphatic carbocycles. The predicted molar refractivity (Wildman–Crippen MR) is 229 cm³/mol. The molecule has 0 bridgehead atoms. The van der Waals surface area contributed by atoms with E-state index in [9.17, 15) is 49.2 Å². The quantitative estimate of drug-likeness (QED) is 0.0435. The number of hydrogen-bond donors (Lipinski definition) is 4. The first-order valence-corrected chi connectivity index (χ1v) is 22.5. The van der Waals surface area contributed by atoms with Crippen LogP contribution in [-0.2, 0) is 52.5 Å². The molecule has 2 rings (SSSR count). The van der Waals surface area contributed by atoms with Crippen LogP contribution in [-0.4, -0.2) is 124 Å². The normalized spacial score (nSPS) is 33.8. The van der Waals surface area contributed by atoms with Gasteiger partial charge in [0.25, 0.3) is 0 Å². The molecule has 354 valence electrons. The zero-order chi connectivity index (χ0) is 46.9. The van der Waals surface area contributed by atoms with Gasteiger partial charge in [0.2, 0.25) is 0 Å². The fourth-order valence-corrected chi connectivity index (χ4v) is 8.51. The van der Waals surface area contributed by atoms with Gasteiger partial charge in [0.15, 0.2) is 17.5 Å². The Balaban J connectivity index is 2.57. The summed E-state index contributed by atoms with van der Waals surface area (Å²) in [6.07, 6.45) is 4.97. The summed E-state index contributed by atoms with van der Waals surface area (Å²) in [4.78, 5) is 81.1. The third-order valence-electron chi connectivity index (χ3n) is 12.6. The molecule has 0 radical (unpaired) electrons. The Hall–Kier alpha value is -3.34. The largest absolute Gasteiger partial charge is 0.463 e. The van der Waals surface area contributed by atoms with Gasteiger partial charge in [-0.25, -0.2) is 4.79 Å². The molecule has 0 spiro atoms. The first kappa shape index (κ1) is 54.8. The summed E-state index contributed by atoms with van der Waals surface area (Å²) in [5.74, 6) is -10.8. The molecule has 13 atom stereocenters. The summed E-state index contributed by atoms with van der Waals surface area (Å²) < 4.78 is 27.7. The van der Waals surface area contributed by atoms with E-state index in [1.54, 1.807) is 13.0 Å². The number of cyclic esters (lactones) is 1. The van der Waals surface area contributed by atoms with Crippen LogP contribution in [0.25, 0.3) is 0 Å². The molecule has 1 saturated heterocycles. The molecule has 2 aliphatic heterocycles. The number of ketones is 3. The van der Waals surface area contributed by atoms with Crippen LogP contribution >= 0.6 is 0 Å². The molecule has 0 aromatic heterocycles. The third-order valence-corrected chi connectivity index (χ3v) is 12.6. The topological polar surface area (TPSA) is 233 Å². The second-order valence-electron chi connectivity index (χ2n) is 17.7. The monoisotopic (exact) mass is 881 g/mol. The Labute approximate surface area is 368 Å². The number of allylic oxidation sites excluding steroid dienone is 2. The minimum absolute atomic E-state index is 0.0433. The first-order chi connectivity index (χ1) is 29.1. The van der Waals surface area contributed by atoms with E-state index in [1.807, 2.05) is 13.0 Å². The molecule has 2 heterocycles. The van der Waals surface area contributed by atoms with Crippen LogP contribution in [0.1, 0.15) is 139 Å². The highest BCUT2D eigenvalue weighted by Crippen LogP contribution is 2.47. The number of carbonyl (C=O) groups excluding carboxylic acids is 6. The fourth-order valence-electron chi connectivity index (χ4n) is 8.51. The van der Waals surface area contributed by atoms with Crippen LogP contribution in [0, 0.1) is 29.6 Å². The summed E-state index contributed by atoms with van der Waals surface area (Å²) in [7, 11) is 1.16. The number of ether oxygens (including phenoxy) is 5. The van der Waals surface area contributed by atoms with Gasteiger partial charge >= 0.3 is 17.9 Å². The number of carbonyl (C=O) groups is 6. The summed E-state index contributed by atoms with van der Waals surface area (Å²) in [6.45, 7) is 12.3. The van der Waals surface area contributed by atoms with E-state index in [0.717, 1.165) is 46.1 Å². The van der Waals surface area contributed by atoms with Crippen molar-refractivity contribution in [3.63, 3.8) is 0 Å². The van der Waals surface area contributed by atoms with Crippen LogP contribution in [0.3, 0.4) is 0 Å². The van der Waals surface area contributed by atoms with Gasteiger partial charge in [0.05, 0.1) is 24.0 Å². The molecule has 0 amide bonds. The van der Waals surface area contributed by atoms with Crippen LogP contribution in [0.5, 0.6) is 0 Å². The predicted octanol–water partition coefficient (Wildman–Crippen LogP) is 5.10. The van der Waals surface area contributed by atoms with E-state index in [1.165, 1.54) is 66.4 Å². The van der Waals surface area contributed by atoms with Crippen molar-refractivity contribution in [3.8, 4) is 0 Å². The summed E-state index contributed by atoms with van der Waals surface area (Å²) >= 11 is 0. The van der Waals surface area contributed by atoms with Gasteiger partial charge in [0.1, 0.15) is 48.7 Å². The number of epoxide rings is 1. The number of esters is 3. The lowest BCUT2D eigenvalue weighted by Gasteiger charge is -2.36. The molecule has 2 aliphatic rings. The van der Waals surface area contributed by atoms with Crippen molar-refractivity contribution >= 4 is 35.3 Å². The SMILES string of the molecule is C/C=C\[C@H](C)[C@H]1O[C@]1(C)[C@@H](O)[C@H]1COC(=O)[C@H](O)[C@@H](OC)[C@H](C)C(=O)[C@H](C)[C@@H](OC(C)=O)/C(C)=C/[C@H](C)C(=O)C[C@H](O)[C@](O)(COC(=O)CCCCCCCCCCCC)C1=O. The summed E-state index contributed by atoms with van der Waals surface area (Å²) in [5.41, 5.74) is -4.17. The number of unbranched alkanes of at least 4 members (excludes halogenated alkanes) is 9. The number of rotatable bonds is 19. The zero-order valence-electron chi connectivity index (χ0n) is 38.8. The van der Waals surface area contributed by atoms with E-state index in [2.05, 4.69) is 6.92 Å². The molecular weight excluding hydrogens is 805 g/mol. The smallest absolute Gasteiger partial charge is 0.337 e. The van der Waals surface area contributed by atoms with E-state index in [0.29, 0.717) is 6.42 Å². The van der Waals surface area contributed by atoms with Crippen LogP contribution < -0.4 is 0 Å². The van der Waals surface area contributed by atoms with Crippen molar-refractivity contribution in [2.75, 3.05) is 20.3 Å². The Morgan fingerprint density at radius 1 is 0.968 bits per heavy atom. The van der Waals surface area contributed by atoms with Crippen molar-refractivity contribution in [2.24, 2.45) is 29.6 Å². The van der Waals surface area contributed by atoms with Crippen molar-refractivity contribution < 1.29 is 72.9 Å². The van der Waals surface area contributed by atoms with Gasteiger partial charge < -0.3 is 44.1 Å². The highest BCUT2D eigenvalue weighted by Gasteiger charge is 2.63. The molecule has 15 nitrogen and oxygen atoms in total. The lowest BCUT2D eigenvalue weighted by atomic mass is 9.76. The third kappa shape index (κ3) is 15.1. The maximum Gasteiger partial charge on any atom is 0.337 e. The summed E-state index contributed by atoms with van der Waals surface area (Å²) in [5, 5.41) is 47.0. The maximum atomic E-state index is 14.7. The summed E-state index contributed by atoms with van der Waals surface area (Å²) in [6, 6.07) is 0. The Kier molecular flexibility index (Phi) is 22.8. The Morgan fingerprint density at radius 2 is 1.55 bits per heavy atom. The molecule has 62 heavy (non-hydrogen) atoms. The molecule has 4 N–H and O–H groups in total. The van der Waals surface area contributed by atoms with E-state index in [-0.39, 0.29) is 17.9 Å². The molecule has 15 heteroatoms. The van der Waals surface area contributed by atoms with Gasteiger partial charge in [-0.05, 0) is 32.8 Å². The van der Waals surface area contributed by atoms with Crippen molar-refractivity contribution in [2.45, 2.75) is 187 Å². The Morgan fingerprint density at radius 3 is 2.10 bits per heavy atom. The van der Waals surface area contributed by atoms with Crippen molar-refractivity contribution in [1.82, 2.24) is 0 Å². The van der Waals surface area contributed by atoms with E-state index < -0.39 is 126 Å². The Bertz CT molecular complexity index is 1560. The minimum Gasteiger partial charge on any atom is -0.463 e. The number of methoxy groups -OCH3 is 1. The maximum absolute atomic E-state index is 14.7. The van der Waals surface area contributed by atoms with Gasteiger partial charge in [-0.1, -0.05) is 111 Å². The standard InChI is InChI=1S/C47H76O15/c1-11-13-14-15-16-17-18-19-20-21-23-37(51)60-27-47(57)36(50)25-35(49)29(4)24-30(5)40(61-33(8)48)31(6)38(52)32(7)41(58-10)39(53)45(56)59-26-34(43(47)55)42(54)46(9)44(62-46)28(3)22-12-2/h12,22,24,28-29,31-32,34,36,39-42,44,50,53-54,57H,11,13-21,23,25-27H2,1-10H3/b22-12-,30-24+/t28-,29-,31-,32+,34+,36-,39+,40-,41-,42-,44+,46+,47+/m0/s1. The molecule has 1 fully saturated rings. The first-order valence-electron chi connectivity index (χ1n) is 22.5. The number of aliphatic hydroxyl groups is 4. The van der Waals surface area contributed by atoms with Gasteiger partial charge in [0, 0.05) is 44.6 Å². The van der Waals surface area contributed by atoms with Gasteiger partial charge in [-0.15, -0.1) is 0 Å². The molecule has 0 aromatic carbocycles. The van der Waals surface area contributed by atoms with Crippen molar-refractivity contribution in [3.05, 3.63) is 23.8 Å². The molecule has 0 unspecified atom stereocenters.